The number of carbonyl (C=O) groups excluding carboxylic acids is 1. The van der Waals surface area contributed by atoms with E-state index in [9.17, 15) is 9.59 Å². The summed E-state index contributed by atoms with van der Waals surface area (Å²) < 4.78 is 0. The summed E-state index contributed by atoms with van der Waals surface area (Å²) in [6.45, 7) is 0. The molecule has 0 atom stereocenters. The van der Waals surface area contributed by atoms with E-state index < -0.39 is 0 Å². The van der Waals surface area contributed by atoms with Crippen molar-refractivity contribution in [3.8, 4) is 0 Å². The Hall–Kier alpha value is -2.54. The molecule has 1 amide bonds. The van der Waals surface area contributed by atoms with Crippen molar-refractivity contribution in [3.63, 3.8) is 0 Å². The number of anilines is 1. The number of nitrogens with zero attached hydrogens (tertiary/aromatic N) is 2. The Morgan fingerprint density at radius 3 is 2.91 bits per heavy atom. The molecule has 0 radical (unpaired) electrons. The van der Waals surface area contributed by atoms with Crippen molar-refractivity contribution in [2.75, 3.05) is 5.32 Å². The van der Waals surface area contributed by atoms with Crippen molar-refractivity contribution < 1.29 is 4.79 Å². The van der Waals surface area contributed by atoms with Crippen LogP contribution in [0.5, 0.6) is 0 Å². The number of carbonyl (C=O) groups is 1. The van der Waals surface area contributed by atoms with Crippen LogP contribution >= 0.6 is 11.3 Å². The molecule has 1 fully saturated rings. The summed E-state index contributed by atoms with van der Waals surface area (Å²) in [5.41, 5.74) is 0.665. The zero-order valence-corrected chi connectivity index (χ0v) is 12.3. The lowest BCUT2D eigenvalue weighted by atomic mass is 10.1. The first-order valence-electron chi connectivity index (χ1n) is 6.97. The van der Waals surface area contributed by atoms with E-state index in [0.717, 1.165) is 17.8 Å². The van der Waals surface area contributed by atoms with E-state index in [1.54, 1.807) is 12.1 Å². The topological polar surface area (TPSA) is 87.7 Å². The van der Waals surface area contributed by atoms with Gasteiger partial charge in [0.05, 0.1) is 5.56 Å². The molecule has 1 aliphatic carbocycles. The molecular weight excluding hydrogens is 300 g/mol. The molecule has 2 N–H and O–H groups in total. The third-order valence-corrected chi connectivity index (χ3v) is 4.58. The smallest absolute Gasteiger partial charge is 0.258 e. The Morgan fingerprint density at radius 2 is 2.09 bits per heavy atom. The minimum Gasteiger partial charge on any atom is -0.322 e. The van der Waals surface area contributed by atoms with Crippen LogP contribution in [0.4, 0.5) is 5.13 Å². The predicted molar refractivity (Wildman–Crippen MR) is 84.4 cm³/mol. The minimum atomic E-state index is -0.346. The molecule has 0 aliphatic heterocycles. The maximum absolute atomic E-state index is 12.5. The van der Waals surface area contributed by atoms with Crippen LogP contribution in [0, 0.1) is 0 Å². The van der Waals surface area contributed by atoms with Gasteiger partial charge in [-0.3, -0.25) is 14.9 Å². The maximum Gasteiger partial charge on any atom is 0.258 e. The van der Waals surface area contributed by atoms with Gasteiger partial charge in [-0.15, -0.1) is 10.2 Å². The first kappa shape index (κ1) is 13.1. The van der Waals surface area contributed by atoms with Crippen molar-refractivity contribution in [2.45, 2.75) is 18.8 Å². The number of aromatic amines is 1. The van der Waals surface area contributed by atoms with E-state index in [1.165, 1.54) is 17.4 Å². The van der Waals surface area contributed by atoms with Crippen molar-refractivity contribution in [2.24, 2.45) is 0 Å². The van der Waals surface area contributed by atoms with Gasteiger partial charge in [0, 0.05) is 22.9 Å². The zero-order chi connectivity index (χ0) is 15.1. The van der Waals surface area contributed by atoms with Crippen LogP contribution in [0.1, 0.15) is 34.1 Å². The average Bonchev–Trinajstić information content (AvgIpc) is 3.26. The fourth-order valence-electron chi connectivity index (χ4n) is 2.34. The van der Waals surface area contributed by atoms with Gasteiger partial charge in [0.15, 0.2) is 0 Å². The highest BCUT2D eigenvalue weighted by atomic mass is 32.1. The van der Waals surface area contributed by atoms with Gasteiger partial charge < -0.3 is 4.98 Å². The third-order valence-electron chi connectivity index (χ3n) is 3.58. The molecule has 4 rings (SSSR count). The van der Waals surface area contributed by atoms with Crippen LogP contribution in [0.15, 0.2) is 35.1 Å². The van der Waals surface area contributed by atoms with E-state index in [1.807, 2.05) is 12.1 Å². The van der Waals surface area contributed by atoms with Gasteiger partial charge in [0.25, 0.3) is 5.91 Å². The molecular formula is C15H12N4O2S. The summed E-state index contributed by atoms with van der Waals surface area (Å²) in [6, 6.07) is 8.51. The standard InChI is InChI=1S/C15H12N4O2S/c20-12-7-10(9-3-1-2-4-11(9)16-12)13(21)17-15-19-18-14(22-15)8-5-6-8/h1-4,7-8H,5-6H2,(H,16,20)(H,17,19,21). The Balaban J connectivity index is 1.68. The molecule has 7 heteroatoms. The first-order valence-corrected chi connectivity index (χ1v) is 7.79. The zero-order valence-electron chi connectivity index (χ0n) is 11.5. The van der Waals surface area contributed by atoms with Crippen LogP contribution in [-0.4, -0.2) is 21.1 Å². The molecule has 0 saturated heterocycles. The lowest BCUT2D eigenvalue weighted by Crippen LogP contribution is -2.16. The summed E-state index contributed by atoms with van der Waals surface area (Å²) in [7, 11) is 0. The summed E-state index contributed by atoms with van der Waals surface area (Å²) in [4.78, 5) is 26.9. The maximum atomic E-state index is 12.5. The number of benzene rings is 1. The number of H-pyrrole nitrogens is 1. The van der Waals surface area contributed by atoms with Crippen LogP contribution in [0.2, 0.25) is 0 Å². The molecule has 0 bridgehead atoms. The van der Waals surface area contributed by atoms with E-state index >= 15 is 0 Å². The molecule has 2 heterocycles. The number of rotatable bonds is 3. The second-order valence-corrected chi connectivity index (χ2v) is 6.28. The highest BCUT2D eigenvalue weighted by Crippen LogP contribution is 2.42. The van der Waals surface area contributed by atoms with Gasteiger partial charge in [-0.25, -0.2) is 0 Å². The van der Waals surface area contributed by atoms with Gasteiger partial charge in [0.2, 0.25) is 10.7 Å². The molecule has 3 aromatic rings. The van der Waals surface area contributed by atoms with Gasteiger partial charge in [-0.05, 0) is 18.9 Å². The highest BCUT2D eigenvalue weighted by Gasteiger charge is 2.27. The lowest BCUT2D eigenvalue weighted by molar-refractivity contribution is 0.102. The fourth-order valence-corrected chi connectivity index (χ4v) is 3.24. The molecule has 1 aromatic carbocycles. The highest BCUT2D eigenvalue weighted by molar-refractivity contribution is 7.15. The summed E-state index contributed by atoms with van der Waals surface area (Å²) in [5.74, 6) is 0.157. The number of hydrogen-bond acceptors (Lipinski definition) is 5. The molecule has 110 valence electrons. The molecule has 22 heavy (non-hydrogen) atoms. The Labute approximate surface area is 129 Å². The van der Waals surface area contributed by atoms with E-state index in [-0.39, 0.29) is 11.5 Å². The molecule has 2 aromatic heterocycles. The minimum absolute atomic E-state index is 0.306. The largest absolute Gasteiger partial charge is 0.322 e. The Bertz CT molecular complexity index is 926. The summed E-state index contributed by atoms with van der Waals surface area (Å²) in [6.07, 6.45) is 2.28. The number of hydrogen-bond donors (Lipinski definition) is 2. The third kappa shape index (κ3) is 2.39. The van der Waals surface area contributed by atoms with E-state index in [2.05, 4.69) is 20.5 Å². The summed E-state index contributed by atoms with van der Waals surface area (Å²) >= 11 is 1.40. The lowest BCUT2D eigenvalue weighted by Gasteiger charge is -2.05. The van der Waals surface area contributed by atoms with Gasteiger partial charge in [0.1, 0.15) is 5.01 Å². The van der Waals surface area contributed by atoms with Crippen LogP contribution in [0.3, 0.4) is 0 Å². The van der Waals surface area contributed by atoms with Gasteiger partial charge in [-0.1, -0.05) is 29.5 Å². The van der Waals surface area contributed by atoms with Crippen molar-refractivity contribution >= 4 is 33.3 Å². The SMILES string of the molecule is O=C(Nc1nnc(C2CC2)s1)c1cc(=O)[nH]c2ccccc12. The number of fused-ring (bicyclic) bond motifs is 1. The normalized spacial score (nSPS) is 14.2. The average molecular weight is 312 g/mol. The number of amides is 1. The Morgan fingerprint density at radius 1 is 1.27 bits per heavy atom. The number of para-hydroxylation sites is 1. The van der Waals surface area contributed by atoms with Crippen molar-refractivity contribution in [1.29, 1.82) is 0 Å². The van der Waals surface area contributed by atoms with Crippen molar-refractivity contribution in [1.82, 2.24) is 15.2 Å². The monoisotopic (exact) mass is 312 g/mol. The van der Waals surface area contributed by atoms with Crippen LogP contribution < -0.4 is 10.9 Å². The second kappa shape index (κ2) is 5.03. The number of pyridine rings is 1. The van der Waals surface area contributed by atoms with E-state index in [4.69, 9.17) is 0 Å². The molecule has 0 spiro atoms. The Kier molecular flexibility index (Phi) is 3.00. The second-order valence-electron chi connectivity index (χ2n) is 5.27. The molecule has 1 aliphatic rings. The molecule has 6 nitrogen and oxygen atoms in total. The van der Waals surface area contributed by atoms with Crippen LogP contribution in [-0.2, 0) is 0 Å². The van der Waals surface area contributed by atoms with Gasteiger partial charge in [-0.2, -0.15) is 0 Å². The molecule has 1 saturated carbocycles. The van der Waals surface area contributed by atoms with E-state index in [0.29, 0.717) is 27.5 Å². The number of nitrogens with one attached hydrogen (secondary N) is 2. The number of aromatic nitrogens is 3. The van der Waals surface area contributed by atoms with Gasteiger partial charge >= 0.3 is 0 Å². The van der Waals surface area contributed by atoms with Crippen molar-refractivity contribution in [3.05, 3.63) is 51.3 Å². The quantitative estimate of drug-likeness (QED) is 0.778. The predicted octanol–water partition coefficient (Wildman–Crippen LogP) is 2.51. The first-order chi connectivity index (χ1) is 10.7. The summed E-state index contributed by atoms with van der Waals surface area (Å²) in [5, 5.41) is 13.0. The molecule has 0 unspecified atom stereocenters. The fraction of sp³-hybridized carbons (Fsp3) is 0.200. The van der Waals surface area contributed by atoms with Crippen LogP contribution in [0.25, 0.3) is 10.9 Å².